The predicted molar refractivity (Wildman–Crippen MR) is 140 cm³/mol. The number of carbonyl (C=O) groups is 2. The lowest BCUT2D eigenvalue weighted by atomic mass is 9.95. The van der Waals surface area contributed by atoms with E-state index in [0.717, 1.165) is 12.0 Å². The average Bonchev–Trinajstić information content (AvgIpc) is 3.50. The van der Waals surface area contributed by atoms with Crippen LogP contribution in [0.5, 0.6) is 11.5 Å². The average molecular weight is 504 g/mol. The van der Waals surface area contributed by atoms with E-state index in [1.54, 1.807) is 41.7 Å². The summed E-state index contributed by atoms with van der Waals surface area (Å²) < 4.78 is 13.3. The van der Waals surface area contributed by atoms with Crippen LogP contribution in [-0.4, -0.2) is 50.5 Å². The number of carbonyl (C=O) groups excluding carboxylic acids is 2. The van der Waals surface area contributed by atoms with Crippen LogP contribution >= 0.6 is 0 Å². The molecular weight excluding hydrogens is 470 g/mol. The SMILES string of the molecule is CCCOc1ccc(C2C(=C(O)c3ccc(OC(C)C)cc3)C(=O)C(=O)N2CCCn2ccnc2)cc1. The molecule has 37 heavy (non-hydrogen) atoms. The van der Waals surface area contributed by atoms with Crippen LogP contribution in [0.25, 0.3) is 5.76 Å². The topological polar surface area (TPSA) is 93.9 Å². The Morgan fingerprint density at radius 1 is 1.03 bits per heavy atom. The zero-order valence-corrected chi connectivity index (χ0v) is 21.5. The van der Waals surface area contributed by atoms with Crippen molar-refractivity contribution in [1.82, 2.24) is 14.5 Å². The Bertz CT molecular complexity index is 1230. The molecule has 8 heteroatoms. The van der Waals surface area contributed by atoms with E-state index >= 15 is 0 Å². The van der Waals surface area contributed by atoms with E-state index in [9.17, 15) is 14.7 Å². The molecule has 0 aliphatic carbocycles. The molecule has 1 atom stereocenters. The third-order valence-electron chi connectivity index (χ3n) is 6.08. The number of benzene rings is 2. The van der Waals surface area contributed by atoms with Gasteiger partial charge in [0, 0.05) is 31.0 Å². The van der Waals surface area contributed by atoms with Crippen molar-refractivity contribution in [2.45, 2.75) is 52.3 Å². The van der Waals surface area contributed by atoms with Crippen LogP contribution < -0.4 is 9.47 Å². The first-order valence-corrected chi connectivity index (χ1v) is 12.6. The number of aliphatic hydroxyl groups is 1. The normalized spacial score (nSPS) is 17.0. The fourth-order valence-corrected chi connectivity index (χ4v) is 4.39. The Labute approximate surface area is 217 Å². The summed E-state index contributed by atoms with van der Waals surface area (Å²) in [7, 11) is 0. The van der Waals surface area contributed by atoms with E-state index < -0.39 is 17.7 Å². The molecule has 0 bridgehead atoms. The molecule has 2 heterocycles. The summed E-state index contributed by atoms with van der Waals surface area (Å²) in [5.41, 5.74) is 1.25. The second kappa shape index (κ2) is 11.8. The number of hydrogen-bond donors (Lipinski definition) is 1. The maximum absolute atomic E-state index is 13.3. The summed E-state index contributed by atoms with van der Waals surface area (Å²) >= 11 is 0. The van der Waals surface area contributed by atoms with E-state index in [1.807, 2.05) is 55.8 Å². The third kappa shape index (κ3) is 6.02. The van der Waals surface area contributed by atoms with Crippen LogP contribution in [-0.2, 0) is 16.1 Å². The van der Waals surface area contributed by atoms with Crippen molar-refractivity contribution in [1.29, 1.82) is 0 Å². The molecule has 0 spiro atoms. The molecule has 1 amide bonds. The monoisotopic (exact) mass is 503 g/mol. The standard InChI is InChI=1S/C29H33N3O5/c1-4-18-36-23-10-6-21(7-11-23)26-25(27(33)22-8-12-24(13-9-22)37-20(2)3)28(34)29(35)32(26)16-5-15-31-17-14-30-19-31/h6-14,17,19-20,26,33H,4-5,15-16,18H2,1-3H3. The molecule has 4 rings (SSSR count). The maximum Gasteiger partial charge on any atom is 0.295 e. The number of likely N-dealkylation sites (tertiary alicyclic amines) is 1. The molecule has 194 valence electrons. The van der Waals surface area contributed by atoms with Gasteiger partial charge in [0.25, 0.3) is 11.7 Å². The molecule has 1 saturated heterocycles. The first-order chi connectivity index (χ1) is 17.9. The fraction of sp³-hybridized carbons (Fsp3) is 0.345. The van der Waals surface area contributed by atoms with Gasteiger partial charge in [0.1, 0.15) is 17.3 Å². The molecule has 1 aromatic heterocycles. The Morgan fingerprint density at radius 3 is 2.35 bits per heavy atom. The molecule has 2 aromatic carbocycles. The first-order valence-electron chi connectivity index (χ1n) is 12.6. The lowest BCUT2D eigenvalue weighted by Crippen LogP contribution is -2.31. The van der Waals surface area contributed by atoms with Gasteiger partial charge in [-0.25, -0.2) is 4.98 Å². The molecular formula is C29H33N3O5. The Kier molecular flexibility index (Phi) is 8.28. The van der Waals surface area contributed by atoms with Gasteiger partial charge in [0.05, 0.1) is 30.7 Å². The van der Waals surface area contributed by atoms with Crippen molar-refractivity contribution >= 4 is 17.4 Å². The molecule has 8 nitrogen and oxygen atoms in total. The molecule has 0 saturated carbocycles. The van der Waals surface area contributed by atoms with Crippen LogP contribution in [0.2, 0.25) is 0 Å². The van der Waals surface area contributed by atoms with Gasteiger partial charge in [-0.15, -0.1) is 0 Å². The molecule has 3 aromatic rings. The van der Waals surface area contributed by atoms with Gasteiger partial charge in [-0.1, -0.05) is 19.1 Å². The number of ketones is 1. The Hall–Kier alpha value is -4.07. The van der Waals surface area contributed by atoms with E-state index in [2.05, 4.69) is 4.98 Å². The van der Waals surface area contributed by atoms with Gasteiger partial charge in [0.2, 0.25) is 0 Å². The van der Waals surface area contributed by atoms with Gasteiger partial charge < -0.3 is 24.0 Å². The number of aromatic nitrogens is 2. The molecule has 1 aliphatic heterocycles. The number of imidazole rings is 1. The first kappa shape index (κ1) is 26.0. The minimum absolute atomic E-state index is 0.0105. The predicted octanol–water partition coefficient (Wildman–Crippen LogP) is 4.97. The number of Topliss-reactive ketones (excluding diaryl/α,β-unsaturated/α-hetero) is 1. The lowest BCUT2D eigenvalue weighted by molar-refractivity contribution is -0.139. The van der Waals surface area contributed by atoms with Gasteiger partial charge in [0.15, 0.2) is 0 Å². The Morgan fingerprint density at radius 2 is 1.73 bits per heavy atom. The summed E-state index contributed by atoms with van der Waals surface area (Å²) in [6.07, 6.45) is 6.79. The second-order valence-corrected chi connectivity index (χ2v) is 9.26. The van der Waals surface area contributed by atoms with Crippen molar-refractivity contribution in [2.24, 2.45) is 0 Å². The number of hydrogen-bond acceptors (Lipinski definition) is 6. The highest BCUT2D eigenvalue weighted by Crippen LogP contribution is 2.40. The van der Waals surface area contributed by atoms with Crippen molar-refractivity contribution in [3.05, 3.63) is 84.0 Å². The van der Waals surface area contributed by atoms with Crippen LogP contribution in [0.15, 0.2) is 72.8 Å². The van der Waals surface area contributed by atoms with Crippen molar-refractivity contribution < 1.29 is 24.2 Å². The zero-order chi connectivity index (χ0) is 26.4. The summed E-state index contributed by atoms with van der Waals surface area (Å²) in [6.45, 7) is 7.49. The van der Waals surface area contributed by atoms with E-state index in [0.29, 0.717) is 43.2 Å². The van der Waals surface area contributed by atoms with E-state index in [-0.39, 0.29) is 17.4 Å². The molecule has 1 aliphatic rings. The van der Waals surface area contributed by atoms with Crippen molar-refractivity contribution in [3.8, 4) is 11.5 Å². The molecule has 1 fully saturated rings. The fourth-order valence-electron chi connectivity index (χ4n) is 4.39. The van der Waals surface area contributed by atoms with E-state index in [1.165, 1.54) is 0 Å². The van der Waals surface area contributed by atoms with Gasteiger partial charge in [-0.05, 0) is 68.7 Å². The summed E-state index contributed by atoms with van der Waals surface area (Å²) in [6, 6.07) is 13.5. The van der Waals surface area contributed by atoms with Gasteiger partial charge in [-0.2, -0.15) is 0 Å². The van der Waals surface area contributed by atoms with Gasteiger partial charge in [-0.3, -0.25) is 9.59 Å². The highest BCUT2D eigenvalue weighted by molar-refractivity contribution is 6.46. The molecule has 1 N–H and O–H groups in total. The zero-order valence-electron chi connectivity index (χ0n) is 21.5. The maximum atomic E-state index is 13.3. The number of ether oxygens (including phenoxy) is 2. The molecule has 1 unspecified atom stereocenters. The highest BCUT2D eigenvalue weighted by atomic mass is 16.5. The largest absolute Gasteiger partial charge is 0.507 e. The van der Waals surface area contributed by atoms with Crippen LogP contribution in [0.4, 0.5) is 0 Å². The number of aliphatic hydroxyl groups excluding tert-OH is 1. The summed E-state index contributed by atoms with van der Waals surface area (Å²) in [4.78, 5) is 32.0. The molecule has 0 radical (unpaired) electrons. The number of amides is 1. The quantitative estimate of drug-likeness (QED) is 0.226. The van der Waals surface area contributed by atoms with Crippen LogP contribution in [0.1, 0.15) is 50.8 Å². The minimum Gasteiger partial charge on any atom is -0.507 e. The van der Waals surface area contributed by atoms with Gasteiger partial charge >= 0.3 is 0 Å². The summed E-state index contributed by atoms with van der Waals surface area (Å²) in [5.74, 6) is -0.154. The number of rotatable bonds is 11. The number of aryl methyl sites for hydroxylation is 1. The van der Waals surface area contributed by atoms with Crippen LogP contribution in [0.3, 0.4) is 0 Å². The third-order valence-corrected chi connectivity index (χ3v) is 6.08. The Balaban J connectivity index is 1.68. The summed E-state index contributed by atoms with van der Waals surface area (Å²) in [5, 5.41) is 11.3. The lowest BCUT2D eigenvalue weighted by Gasteiger charge is -2.25. The van der Waals surface area contributed by atoms with E-state index in [4.69, 9.17) is 9.47 Å². The highest BCUT2D eigenvalue weighted by Gasteiger charge is 2.45. The smallest absolute Gasteiger partial charge is 0.295 e. The number of nitrogens with zero attached hydrogens (tertiary/aromatic N) is 3. The second-order valence-electron chi connectivity index (χ2n) is 9.26. The minimum atomic E-state index is -0.713. The van der Waals surface area contributed by atoms with Crippen molar-refractivity contribution in [2.75, 3.05) is 13.2 Å². The van der Waals surface area contributed by atoms with Crippen LogP contribution in [0, 0.1) is 0 Å². The van der Waals surface area contributed by atoms with Crippen molar-refractivity contribution in [3.63, 3.8) is 0 Å².